The normalized spacial score (nSPS) is 10.7. The Balaban J connectivity index is 1.76. The third-order valence-electron chi connectivity index (χ3n) is 2.43. The Labute approximate surface area is 112 Å². The molecule has 0 saturated heterocycles. The zero-order valence-corrected chi connectivity index (χ0v) is 10.7. The molecule has 102 valence electrons. The topological polar surface area (TPSA) is 112 Å². The molecule has 3 aromatic heterocycles. The number of carbonyl (C=O) groups is 1. The largest absolute Gasteiger partial charge is 0.401 e. The van der Waals surface area contributed by atoms with Gasteiger partial charge in [-0.1, -0.05) is 10.3 Å². The molecule has 0 aliphatic rings. The first kappa shape index (κ1) is 12.1. The summed E-state index contributed by atoms with van der Waals surface area (Å²) >= 11 is 0. The van der Waals surface area contributed by atoms with Crippen LogP contribution in [0.1, 0.15) is 16.2 Å². The second kappa shape index (κ2) is 4.61. The standard InChI is InChI=1S/C11H10N6O3/c1-6-5-8(20-16-6)9(18)12-11-14-13-10(19-11)7-3-4-17(2)15-7/h3-5H,1-2H3,(H,12,14,18). The fraction of sp³-hybridized carbons (Fsp3) is 0.182. The van der Waals surface area contributed by atoms with Gasteiger partial charge in [0.05, 0.1) is 5.69 Å². The smallest absolute Gasteiger partial charge is 0.322 e. The van der Waals surface area contributed by atoms with Gasteiger partial charge < -0.3 is 8.94 Å². The summed E-state index contributed by atoms with van der Waals surface area (Å²) in [5.74, 6) is -0.225. The molecule has 0 spiro atoms. The van der Waals surface area contributed by atoms with E-state index in [1.54, 1.807) is 30.9 Å². The van der Waals surface area contributed by atoms with Gasteiger partial charge in [0, 0.05) is 19.3 Å². The minimum atomic E-state index is -0.512. The number of nitrogens with zero attached hydrogens (tertiary/aromatic N) is 5. The van der Waals surface area contributed by atoms with E-state index in [0.29, 0.717) is 11.4 Å². The number of anilines is 1. The molecule has 1 N–H and O–H groups in total. The fourth-order valence-electron chi connectivity index (χ4n) is 1.54. The van der Waals surface area contributed by atoms with E-state index >= 15 is 0 Å². The van der Waals surface area contributed by atoms with Crippen LogP contribution >= 0.6 is 0 Å². The van der Waals surface area contributed by atoms with Gasteiger partial charge in [0.15, 0.2) is 0 Å². The number of aryl methyl sites for hydroxylation is 2. The van der Waals surface area contributed by atoms with Crippen molar-refractivity contribution in [2.24, 2.45) is 7.05 Å². The van der Waals surface area contributed by atoms with Gasteiger partial charge in [-0.2, -0.15) is 5.10 Å². The lowest BCUT2D eigenvalue weighted by Gasteiger charge is -1.94. The van der Waals surface area contributed by atoms with Gasteiger partial charge in [-0.25, -0.2) is 0 Å². The highest BCUT2D eigenvalue weighted by molar-refractivity contribution is 6.00. The average Bonchev–Trinajstić information content (AvgIpc) is 3.10. The molecule has 0 aromatic carbocycles. The van der Waals surface area contributed by atoms with Crippen LogP contribution in [0.15, 0.2) is 27.3 Å². The highest BCUT2D eigenvalue weighted by Crippen LogP contribution is 2.17. The van der Waals surface area contributed by atoms with E-state index in [2.05, 4.69) is 25.8 Å². The van der Waals surface area contributed by atoms with Crippen molar-refractivity contribution in [3.05, 3.63) is 29.8 Å². The predicted molar refractivity (Wildman–Crippen MR) is 65.7 cm³/mol. The first-order chi connectivity index (χ1) is 9.61. The summed E-state index contributed by atoms with van der Waals surface area (Å²) in [7, 11) is 1.77. The van der Waals surface area contributed by atoms with Crippen LogP contribution in [-0.2, 0) is 7.05 Å². The average molecular weight is 274 g/mol. The summed E-state index contributed by atoms with van der Waals surface area (Å²) in [6, 6.07) is 3.19. The second-order valence-corrected chi connectivity index (χ2v) is 4.07. The number of nitrogens with one attached hydrogen (secondary N) is 1. The molecule has 0 bridgehead atoms. The predicted octanol–water partition coefficient (Wildman–Crippen LogP) is 1.02. The van der Waals surface area contributed by atoms with Gasteiger partial charge in [0.25, 0.3) is 11.8 Å². The zero-order valence-electron chi connectivity index (χ0n) is 10.7. The van der Waals surface area contributed by atoms with Crippen molar-refractivity contribution in [1.82, 2.24) is 25.1 Å². The van der Waals surface area contributed by atoms with Crippen molar-refractivity contribution < 1.29 is 13.7 Å². The number of hydrogen-bond acceptors (Lipinski definition) is 7. The lowest BCUT2D eigenvalue weighted by atomic mass is 10.4. The minimum Gasteiger partial charge on any atom is -0.401 e. The summed E-state index contributed by atoms with van der Waals surface area (Å²) in [5, 5.41) is 17.7. The lowest BCUT2D eigenvalue weighted by Crippen LogP contribution is -2.11. The number of hydrogen-bond donors (Lipinski definition) is 1. The molecule has 9 nitrogen and oxygen atoms in total. The molecule has 0 radical (unpaired) electrons. The Morgan fingerprint density at radius 2 is 2.25 bits per heavy atom. The van der Waals surface area contributed by atoms with Crippen molar-refractivity contribution in [3.63, 3.8) is 0 Å². The molecule has 1 amide bonds. The van der Waals surface area contributed by atoms with Crippen LogP contribution in [0, 0.1) is 6.92 Å². The molecule has 0 fully saturated rings. The number of aromatic nitrogens is 5. The Bertz CT molecular complexity index is 756. The van der Waals surface area contributed by atoms with E-state index in [-0.39, 0.29) is 17.7 Å². The molecule has 9 heteroatoms. The summed E-state index contributed by atoms with van der Waals surface area (Å²) in [6.45, 7) is 1.71. The molecule has 0 saturated carbocycles. The van der Waals surface area contributed by atoms with Gasteiger partial charge in [-0.05, 0) is 13.0 Å². The van der Waals surface area contributed by atoms with Crippen LogP contribution in [0.5, 0.6) is 0 Å². The van der Waals surface area contributed by atoms with Crippen LogP contribution in [-0.4, -0.2) is 31.0 Å². The second-order valence-electron chi connectivity index (χ2n) is 4.07. The Hall–Kier alpha value is -2.97. The fourth-order valence-corrected chi connectivity index (χ4v) is 1.54. The Morgan fingerprint density at radius 1 is 1.40 bits per heavy atom. The van der Waals surface area contributed by atoms with Crippen molar-refractivity contribution in [2.45, 2.75) is 6.92 Å². The molecule has 0 aliphatic heterocycles. The van der Waals surface area contributed by atoms with Crippen molar-refractivity contribution in [1.29, 1.82) is 0 Å². The van der Waals surface area contributed by atoms with Crippen LogP contribution in [0.3, 0.4) is 0 Å². The molecule has 0 atom stereocenters. The summed E-state index contributed by atoms with van der Waals surface area (Å²) in [6.07, 6.45) is 1.75. The van der Waals surface area contributed by atoms with E-state index in [0.717, 1.165) is 0 Å². The molecule has 20 heavy (non-hydrogen) atoms. The Kier molecular flexibility index (Phi) is 2.78. The number of amides is 1. The highest BCUT2D eigenvalue weighted by Gasteiger charge is 2.16. The van der Waals surface area contributed by atoms with Gasteiger partial charge in [0.2, 0.25) is 5.76 Å². The highest BCUT2D eigenvalue weighted by atomic mass is 16.5. The monoisotopic (exact) mass is 274 g/mol. The molecule has 3 aromatic rings. The summed E-state index contributed by atoms with van der Waals surface area (Å²) < 4.78 is 11.7. The summed E-state index contributed by atoms with van der Waals surface area (Å²) in [5.41, 5.74) is 1.13. The molecule has 3 heterocycles. The van der Waals surface area contributed by atoms with Crippen molar-refractivity contribution in [3.8, 4) is 11.6 Å². The maximum atomic E-state index is 11.8. The first-order valence-electron chi connectivity index (χ1n) is 5.70. The molecule has 0 aliphatic carbocycles. The molecule has 0 unspecified atom stereocenters. The maximum Gasteiger partial charge on any atom is 0.322 e. The van der Waals surface area contributed by atoms with E-state index in [1.807, 2.05) is 0 Å². The van der Waals surface area contributed by atoms with E-state index in [9.17, 15) is 4.79 Å². The quantitative estimate of drug-likeness (QED) is 0.758. The van der Waals surface area contributed by atoms with Crippen molar-refractivity contribution in [2.75, 3.05) is 5.32 Å². The van der Waals surface area contributed by atoms with Gasteiger partial charge >= 0.3 is 6.01 Å². The summed E-state index contributed by atoms with van der Waals surface area (Å²) in [4.78, 5) is 11.8. The van der Waals surface area contributed by atoms with Gasteiger partial charge in [-0.15, -0.1) is 5.10 Å². The Morgan fingerprint density at radius 3 is 2.90 bits per heavy atom. The first-order valence-corrected chi connectivity index (χ1v) is 5.70. The van der Waals surface area contributed by atoms with Crippen LogP contribution in [0.25, 0.3) is 11.6 Å². The number of carbonyl (C=O) groups excluding carboxylic acids is 1. The molecular weight excluding hydrogens is 264 g/mol. The third-order valence-corrected chi connectivity index (χ3v) is 2.43. The minimum absolute atomic E-state index is 0.0373. The van der Waals surface area contributed by atoms with E-state index < -0.39 is 5.91 Å². The van der Waals surface area contributed by atoms with Gasteiger partial charge in [0.1, 0.15) is 5.69 Å². The van der Waals surface area contributed by atoms with Crippen molar-refractivity contribution >= 4 is 11.9 Å². The van der Waals surface area contributed by atoms with E-state index in [1.165, 1.54) is 6.07 Å². The van der Waals surface area contributed by atoms with Crippen LogP contribution in [0.2, 0.25) is 0 Å². The van der Waals surface area contributed by atoms with Crippen LogP contribution < -0.4 is 5.32 Å². The third kappa shape index (κ3) is 2.28. The lowest BCUT2D eigenvalue weighted by molar-refractivity contribution is 0.0985. The zero-order chi connectivity index (χ0) is 14.1. The number of rotatable bonds is 3. The maximum absolute atomic E-state index is 11.8. The van der Waals surface area contributed by atoms with Gasteiger partial charge in [-0.3, -0.25) is 14.8 Å². The van der Waals surface area contributed by atoms with Crippen LogP contribution in [0.4, 0.5) is 6.01 Å². The SMILES string of the molecule is Cc1cc(C(=O)Nc2nnc(-c3ccn(C)n3)o2)on1. The molecular formula is C11H10N6O3. The molecule has 3 rings (SSSR count). The van der Waals surface area contributed by atoms with E-state index in [4.69, 9.17) is 8.94 Å².